The Bertz CT molecular complexity index is 1290. The van der Waals surface area contributed by atoms with Crippen LogP contribution in [0.5, 0.6) is 0 Å². The van der Waals surface area contributed by atoms with Crippen LogP contribution >= 0.6 is 15.9 Å². The maximum Gasteiger partial charge on any atom is 0.324 e. The monoisotopic (exact) mass is 686 g/mol. The Morgan fingerprint density at radius 1 is 0.778 bits per heavy atom. The van der Waals surface area contributed by atoms with Gasteiger partial charge in [0.05, 0.1) is 18.6 Å². The van der Waals surface area contributed by atoms with Crippen LogP contribution < -0.4 is 0 Å². The summed E-state index contributed by atoms with van der Waals surface area (Å²) in [5.41, 5.74) is 3.74. The van der Waals surface area contributed by atoms with Gasteiger partial charge in [0.2, 0.25) is 0 Å². The van der Waals surface area contributed by atoms with Crippen molar-refractivity contribution in [3.8, 4) is 0 Å². The van der Waals surface area contributed by atoms with Gasteiger partial charge in [-0.3, -0.25) is 9.59 Å². The molecule has 3 atom stereocenters. The minimum atomic E-state index is -0.499. The first-order valence-corrected chi connectivity index (χ1v) is 17.2. The summed E-state index contributed by atoms with van der Waals surface area (Å²) in [4.78, 5) is 24.1. The Morgan fingerprint density at radius 2 is 1.24 bits per heavy atom. The molecule has 0 radical (unpaired) electrons. The molecule has 4 rings (SSSR count). The maximum absolute atomic E-state index is 12.4. The van der Waals surface area contributed by atoms with Gasteiger partial charge in [-0.05, 0) is 100 Å². The molecule has 3 unspecified atom stereocenters. The lowest BCUT2D eigenvalue weighted by Gasteiger charge is -2.36. The molecular formula is C38H55BrO6. The first-order valence-electron chi connectivity index (χ1n) is 16.2. The molecular weight excluding hydrogens is 632 g/mol. The summed E-state index contributed by atoms with van der Waals surface area (Å²) in [5, 5.41) is 0. The molecule has 2 aromatic carbocycles. The number of rotatable bonds is 6. The van der Waals surface area contributed by atoms with Crippen molar-refractivity contribution in [2.24, 2.45) is 10.8 Å². The van der Waals surface area contributed by atoms with Crippen LogP contribution in [0, 0.1) is 10.8 Å². The van der Waals surface area contributed by atoms with Crippen LogP contribution in [0.25, 0.3) is 0 Å². The predicted molar refractivity (Wildman–Crippen MR) is 183 cm³/mol. The molecule has 2 saturated heterocycles. The third-order valence-electron chi connectivity index (χ3n) is 8.06. The standard InChI is InChI=1S/C19H27BrO3.C19H28O3/c1-18(2,3)23-17(21)16(20)14-9-7-6-8-13(14)15-12-19(4,5)10-11-22-15;1-18(2,3)22-17(20)12-14-8-6-7-9-15(14)16-13-19(4,5)10-11-21-16/h6-9,15-16H,10-12H2,1-5H3;6-9,16H,10-13H2,1-5H3. The first-order chi connectivity index (χ1) is 20.8. The van der Waals surface area contributed by atoms with Crippen LogP contribution in [0.2, 0.25) is 0 Å². The average molecular weight is 688 g/mol. The third-order valence-corrected chi connectivity index (χ3v) is 8.93. The molecule has 0 saturated carbocycles. The second-order valence-electron chi connectivity index (χ2n) is 15.9. The van der Waals surface area contributed by atoms with Crippen LogP contribution in [0.15, 0.2) is 48.5 Å². The van der Waals surface area contributed by atoms with E-state index in [1.807, 2.05) is 77.9 Å². The van der Waals surface area contributed by atoms with Crippen LogP contribution in [-0.4, -0.2) is 36.4 Å². The van der Waals surface area contributed by atoms with Gasteiger partial charge >= 0.3 is 11.9 Å². The van der Waals surface area contributed by atoms with Gasteiger partial charge in [-0.1, -0.05) is 92.2 Å². The quantitative estimate of drug-likeness (QED) is 0.223. The van der Waals surface area contributed by atoms with Gasteiger partial charge in [-0.25, -0.2) is 0 Å². The zero-order chi connectivity index (χ0) is 33.6. The molecule has 2 fully saturated rings. The Hall–Kier alpha value is -2.22. The van der Waals surface area contributed by atoms with E-state index in [9.17, 15) is 9.59 Å². The van der Waals surface area contributed by atoms with Crippen molar-refractivity contribution in [2.75, 3.05) is 13.2 Å². The summed E-state index contributed by atoms with van der Waals surface area (Å²) in [6.07, 6.45) is 4.48. The van der Waals surface area contributed by atoms with E-state index >= 15 is 0 Å². The first kappa shape index (κ1) is 37.2. The van der Waals surface area contributed by atoms with Crippen LogP contribution in [0.4, 0.5) is 0 Å². The number of alkyl halides is 1. The molecule has 2 aliphatic heterocycles. The molecule has 2 aliphatic rings. The summed E-state index contributed by atoms with van der Waals surface area (Å²) in [6, 6.07) is 16.0. The van der Waals surface area contributed by atoms with Crippen LogP contribution in [0.3, 0.4) is 0 Å². The van der Waals surface area contributed by atoms with Gasteiger partial charge in [0, 0.05) is 13.2 Å². The molecule has 6 nitrogen and oxygen atoms in total. The molecule has 0 aliphatic carbocycles. The number of carbonyl (C=O) groups excluding carboxylic acids is 2. The summed E-state index contributed by atoms with van der Waals surface area (Å²) >= 11 is 3.52. The van der Waals surface area contributed by atoms with Crippen molar-refractivity contribution in [2.45, 2.75) is 130 Å². The van der Waals surface area contributed by atoms with Crippen LogP contribution in [0.1, 0.15) is 134 Å². The molecule has 0 N–H and O–H groups in total. The van der Waals surface area contributed by atoms with E-state index in [1.165, 1.54) is 0 Å². The van der Waals surface area contributed by atoms with E-state index in [0.717, 1.165) is 61.2 Å². The van der Waals surface area contributed by atoms with Crippen LogP contribution in [-0.2, 0) is 35.0 Å². The number of benzene rings is 2. The minimum Gasteiger partial charge on any atom is -0.460 e. The number of esters is 2. The lowest BCUT2D eigenvalue weighted by molar-refractivity contribution is -0.155. The third kappa shape index (κ3) is 12.1. The van der Waals surface area contributed by atoms with Crippen molar-refractivity contribution < 1.29 is 28.5 Å². The highest BCUT2D eigenvalue weighted by Gasteiger charge is 2.34. The highest BCUT2D eigenvalue weighted by molar-refractivity contribution is 9.09. The fourth-order valence-corrected chi connectivity index (χ4v) is 6.25. The normalized spacial score (nSPS) is 21.9. The van der Waals surface area contributed by atoms with Gasteiger partial charge in [-0.15, -0.1) is 0 Å². The van der Waals surface area contributed by atoms with E-state index in [1.54, 1.807) is 0 Å². The molecule has 0 amide bonds. The number of hydrogen-bond acceptors (Lipinski definition) is 6. The maximum atomic E-state index is 12.4. The van der Waals surface area contributed by atoms with Gasteiger partial charge in [0.25, 0.3) is 0 Å². The van der Waals surface area contributed by atoms with E-state index < -0.39 is 16.0 Å². The molecule has 2 aromatic rings. The molecule has 7 heteroatoms. The van der Waals surface area contributed by atoms with Crippen molar-refractivity contribution >= 4 is 27.9 Å². The average Bonchev–Trinajstić information content (AvgIpc) is 2.90. The van der Waals surface area contributed by atoms with Gasteiger partial charge < -0.3 is 18.9 Å². The lowest BCUT2D eigenvalue weighted by Crippen LogP contribution is -2.28. The second-order valence-corrected chi connectivity index (χ2v) is 16.9. The van der Waals surface area contributed by atoms with E-state index in [2.05, 4.69) is 55.8 Å². The Labute approximate surface area is 280 Å². The Morgan fingerprint density at radius 3 is 1.76 bits per heavy atom. The number of hydrogen-bond donors (Lipinski definition) is 0. The van der Waals surface area contributed by atoms with Gasteiger partial charge in [0.15, 0.2) is 0 Å². The summed E-state index contributed by atoms with van der Waals surface area (Å²) in [5.74, 6) is -0.449. The molecule has 45 heavy (non-hydrogen) atoms. The molecule has 0 spiro atoms. The second kappa shape index (κ2) is 15.1. The lowest BCUT2D eigenvalue weighted by atomic mass is 9.79. The number of ether oxygens (including phenoxy) is 4. The highest BCUT2D eigenvalue weighted by atomic mass is 79.9. The zero-order valence-corrected chi connectivity index (χ0v) is 30.7. The Kier molecular flexibility index (Phi) is 12.5. The molecule has 0 bridgehead atoms. The predicted octanol–water partition coefficient (Wildman–Crippen LogP) is 9.79. The Balaban J connectivity index is 0.000000246. The van der Waals surface area contributed by atoms with Gasteiger partial charge in [-0.2, -0.15) is 0 Å². The smallest absolute Gasteiger partial charge is 0.324 e. The van der Waals surface area contributed by atoms with Crippen molar-refractivity contribution in [1.82, 2.24) is 0 Å². The van der Waals surface area contributed by atoms with Crippen molar-refractivity contribution in [3.05, 3.63) is 70.8 Å². The number of halogens is 1. The topological polar surface area (TPSA) is 71.1 Å². The minimum absolute atomic E-state index is 0.0254. The fourth-order valence-electron chi connectivity index (χ4n) is 5.74. The van der Waals surface area contributed by atoms with Crippen molar-refractivity contribution in [1.29, 1.82) is 0 Å². The molecule has 2 heterocycles. The van der Waals surface area contributed by atoms with Crippen molar-refractivity contribution in [3.63, 3.8) is 0 Å². The SMILES string of the molecule is CC1(C)CCOC(c2ccccc2C(Br)C(=O)OC(C)(C)C)C1.CC1(C)CCOC(c2ccccc2CC(=O)OC(C)(C)C)C1. The summed E-state index contributed by atoms with van der Waals surface area (Å²) in [6.45, 7) is 21.9. The number of carbonyl (C=O) groups is 2. The van der Waals surface area contributed by atoms with Gasteiger partial charge in [0.1, 0.15) is 16.0 Å². The van der Waals surface area contributed by atoms with E-state index in [0.29, 0.717) is 6.42 Å². The largest absolute Gasteiger partial charge is 0.460 e. The summed E-state index contributed by atoms with van der Waals surface area (Å²) < 4.78 is 22.9. The van der Waals surface area contributed by atoms with E-state index in [4.69, 9.17) is 18.9 Å². The molecule has 0 aromatic heterocycles. The highest BCUT2D eigenvalue weighted by Crippen LogP contribution is 2.43. The zero-order valence-electron chi connectivity index (χ0n) is 29.1. The fraction of sp³-hybridized carbons (Fsp3) is 0.632. The van der Waals surface area contributed by atoms with E-state index in [-0.39, 0.29) is 35.0 Å². The summed E-state index contributed by atoms with van der Waals surface area (Å²) in [7, 11) is 0. The molecule has 250 valence electrons.